The molecule has 1 aliphatic heterocycles. The van der Waals surface area contributed by atoms with Gasteiger partial charge in [-0.05, 0) is 51.0 Å². The first-order valence-electron chi connectivity index (χ1n) is 9.49. The number of benzene rings is 2. The molecule has 3 rings (SSSR count). The Bertz CT molecular complexity index is 948. The maximum atomic E-state index is 10.0. The highest BCUT2D eigenvalue weighted by molar-refractivity contribution is 6.30. The molecule has 0 spiro atoms. The maximum Gasteiger partial charge on any atom is 0.142 e. The Morgan fingerprint density at radius 3 is 2.64 bits per heavy atom. The van der Waals surface area contributed by atoms with Crippen LogP contribution in [-0.4, -0.2) is 30.5 Å². The number of phenols is 1. The van der Waals surface area contributed by atoms with Gasteiger partial charge in [0.05, 0.1) is 12.6 Å². The van der Waals surface area contributed by atoms with Crippen molar-refractivity contribution in [3.63, 3.8) is 0 Å². The molecule has 0 aromatic heterocycles. The largest absolute Gasteiger partial charge is 0.506 e. The predicted molar refractivity (Wildman–Crippen MR) is 119 cm³/mol. The molecule has 1 heterocycles. The lowest BCUT2D eigenvalue weighted by Crippen LogP contribution is -2.45. The highest BCUT2D eigenvalue weighted by Gasteiger charge is 2.31. The van der Waals surface area contributed by atoms with Crippen molar-refractivity contribution in [2.45, 2.75) is 39.7 Å². The lowest BCUT2D eigenvalue weighted by molar-refractivity contribution is 0.413. The summed E-state index contributed by atoms with van der Waals surface area (Å²) in [5.41, 5.74) is 4.86. The molecule has 28 heavy (non-hydrogen) atoms. The van der Waals surface area contributed by atoms with Crippen molar-refractivity contribution < 1.29 is 9.84 Å². The number of allylic oxidation sites excluding steroid dienone is 1. The van der Waals surface area contributed by atoms with E-state index in [0.717, 1.165) is 24.3 Å². The quantitative estimate of drug-likeness (QED) is 0.608. The summed E-state index contributed by atoms with van der Waals surface area (Å²) < 4.78 is 5.66. The van der Waals surface area contributed by atoms with Crippen LogP contribution in [0.3, 0.4) is 0 Å². The number of hydrogen-bond donors (Lipinski definition) is 1. The van der Waals surface area contributed by atoms with Crippen molar-refractivity contribution in [1.29, 1.82) is 0 Å². The first-order chi connectivity index (χ1) is 13.3. The minimum atomic E-state index is -0.0528. The third-order valence-electron chi connectivity index (χ3n) is 5.06. The van der Waals surface area contributed by atoms with Gasteiger partial charge < -0.3 is 14.7 Å². The number of hydrogen-bond acceptors (Lipinski definition) is 4. The number of nitrogens with zero attached hydrogens (tertiary/aromatic N) is 2. The summed E-state index contributed by atoms with van der Waals surface area (Å²) >= 11 is 5.90. The zero-order valence-corrected chi connectivity index (χ0v) is 17.8. The summed E-state index contributed by atoms with van der Waals surface area (Å²) in [7, 11) is 1.67. The molecule has 0 saturated carbocycles. The molecule has 148 valence electrons. The van der Waals surface area contributed by atoms with Gasteiger partial charge in [-0.2, -0.15) is 0 Å². The molecule has 0 bridgehead atoms. The average Bonchev–Trinajstić information content (AvgIpc) is 2.63. The van der Waals surface area contributed by atoms with E-state index in [1.807, 2.05) is 0 Å². The van der Waals surface area contributed by atoms with Crippen LogP contribution >= 0.6 is 11.6 Å². The number of phenolic OH excluding ortho intramolecular Hbond substituents is 1. The van der Waals surface area contributed by atoms with E-state index in [-0.39, 0.29) is 11.3 Å². The van der Waals surface area contributed by atoms with Crippen LogP contribution in [0.15, 0.2) is 41.4 Å². The molecular weight excluding hydrogens is 372 g/mol. The highest BCUT2D eigenvalue weighted by atomic mass is 35.5. The summed E-state index contributed by atoms with van der Waals surface area (Å²) in [6.45, 7) is 9.78. The molecule has 2 aromatic carbocycles. The minimum Gasteiger partial charge on any atom is -0.506 e. The second kappa shape index (κ2) is 7.88. The van der Waals surface area contributed by atoms with Gasteiger partial charge in [-0.25, -0.2) is 0 Å². The summed E-state index contributed by atoms with van der Waals surface area (Å²) in [6, 6.07) is 9.07. The second-order valence-corrected chi connectivity index (χ2v) is 8.07. The van der Waals surface area contributed by atoms with Gasteiger partial charge in [-0.3, -0.25) is 4.99 Å². The van der Waals surface area contributed by atoms with Crippen molar-refractivity contribution in [1.82, 2.24) is 0 Å². The number of rotatable bonds is 5. The third kappa shape index (κ3) is 3.88. The Morgan fingerprint density at radius 1 is 1.25 bits per heavy atom. The number of aliphatic imine (C=N–C) groups is 1. The molecule has 0 radical (unpaired) electrons. The van der Waals surface area contributed by atoms with E-state index in [1.165, 1.54) is 22.9 Å². The lowest BCUT2D eigenvalue weighted by Gasteiger charge is -2.43. The van der Waals surface area contributed by atoms with Gasteiger partial charge in [0.25, 0.3) is 0 Å². The predicted octanol–water partition coefficient (Wildman–Crippen LogP) is 6.22. The Labute approximate surface area is 172 Å². The van der Waals surface area contributed by atoms with Gasteiger partial charge in [0.2, 0.25) is 0 Å². The van der Waals surface area contributed by atoms with E-state index in [9.17, 15) is 5.11 Å². The van der Waals surface area contributed by atoms with Crippen LogP contribution < -0.4 is 9.64 Å². The standard InChI is InChI=1S/C23H27ClN2O2/c1-6-9-26-20-12-22(28-5)16(10-18(20)15(2)13-23(26,3)4)14-25-19-8-7-17(24)11-21(19)27/h7-8,10-14,27H,6,9H2,1-5H3. The molecule has 0 saturated heterocycles. The molecule has 4 nitrogen and oxygen atoms in total. The van der Waals surface area contributed by atoms with Gasteiger partial charge in [0.15, 0.2) is 0 Å². The Balaban J connectivity index is 2.07. The van der Waals surface area contributed by atoms with Crippen LogP contribution in [-0.2, 0) is 0 Å². The summed E-state index contributed by atoms with van der Waals surface area (Å²) in [6.07, 6.45) is 5.10. The average molecular weight is 399 g/mol. The minimum absolute atomic E-state index is 0.0487. The van der Waals surface area contributed by atoms with Gasteiger partial charge in [0, 0.05) is 46.7 Å². The Kier molecular flexibility index (Phi) is 5.71. The number of halogens is 1. The van der Waals surface area contributed by atoms with Crippen molar-refractivity contribution in [2.75, 3.05) is 18.6 Å². The molecule has 0 atom stereocenters. The van der Waals surface area contributed by atoms with E-state index >= 15 is 0 Å². The van der Waals surface area contributed by atoms with Crippen LogP contribution in [0.1, 0.15) is 45.2 Å². The van der Waals surface area contributed by atoms with E-state index in [1.54, 1.807) is 25.5 Å². The van der Waals surface area contributed by atoms with Gasteiger partial charge in [-0.15, -0.1) is 0 Å². The molecule has 1 N–H and O–H groups in total. The van der Waals surface area contributed by atoms with E-state index < -0.39 is 0 Å². The van der Waals surface area contributed by atoms with Crippen LogP contribution in [0, 0.1) is 0 Å². The fourth-order valence-corrected chi connectivity index (χ4v) is 3.94. The number of fused-ring (bicyclic) bond motifs is 1. The van der Waals surface area contributed by atoms with Crippen LogP contribution in [0.5, 0.6) is 11.5 Å². The van der Waals surface area contributed by atoms with Crippen molar-refractivity contribution >= 4 is 34.8 Å². The van der Waals surface area contributed by atoms with E-state index in [4.69, 9.17) is 16.3 Å². The number of anilines is 1. The monoisotopic (exact) mass is 398 g/mol. The van der Waals surface area contributed by atoms with Gasteiger partial charge in [-0.1, -0.05) is 24.6 Å². The molecule has 5 heteroatoms. The van der Waals surface area contributed by atoms with E-state index in [2.05, 4.69) is 55.8 Å². The van der Waals surface area contributed by atoms with Crippen LogP contribution in [0.2, 0.25) is 5.02 Å². The smallest absolute Gasteiger partial charge is 0.142 e. The van der Waals surface area contributed by atoms with Crippen molar-refractivity contribution in [3.8, 4) is 11.5 Å². The Morgan fingerprint density at radius 2 is 2.00 bits per heavy atom. The zero-order valence-electron chi connectivity index (χ0n) is 17.1. The second-order valence-electron chi connectivity index (χ2n) is 7.64. The van der Waals surface area contributed by atoms with E-state index in [0.29, 0.717) is 10.7 Å². The zero-order chi connectivity index (χ0) is 20.5. The SMILES string of the molecule is CCCN1c2cc(OC)c(C=Nc3ccc(Cl)cc3O)cc2C(C)=CC1(C)C. The maximum absolute atomic E-state index is 10.0. The van der Waals surface area contributed by atoms with Gasteiger partial charge >= 0.3 is 0 Å². The first kappa shape index (κ1) is 20.3. The summed E-state index contributed by atoms with van der Waals surface area (Å²) in [5, 5.41) is 10.5. The molecule has 0 fully saturated rings. The fourth-order valence-electron chi connectivity index (χ4n) is 3.78. The van der Waals surface area contributed by atoms with Crippen LogP contribution in [0.4, 0.5) is 11.4 Å². The van der Waals surface area contributed by atoms with Crippen molar-refractivity contribution in [2.24, 2.45) is 4.99 Å². The molecule has 0 unspecified atom stereocenters. The molecule has 0 amide bonds. The fraction of sp³-hybridized carbons (Fsp3) is 0.348. The van der Waals surface area contributed by atoms with Gasteiger partial charge in [0.1, 0.15) is 17.2 Å². The first-order valence-corrected chi connectivity index (χ1v) is 9.86. The molecule has 0 aliphatic carbocycles. The highest BCUT2D eigenvalue weighted by Crippen LogP contribution is 2.42. The summed E-state index contributed by atoms with van der Waals surface area (Å²) in [4.78, 5) is 6.86. The number of ether oxygens (including phenoxy) is 1. The number of aromatic hydroxyl groups is 1. The molecular formula is C23H27ClN2O2. The van der Waals surface area contributed by atoms with Crippen LogP contribution in [0.25, 0.3) is 5.57 Å². The molecule has 1 aliphatic rings. The number of methoxy groups -OCH3 is 1. The Hall–Kier alpha value is -2.46. The third-order valence-corrected chi connectivity index (χ3v) is 5.29. The lowest BCUT2D eigenvalue weighted by atomic mass is 9.87. The molecule has 2 aromatic rings. The topological polar surface area (TPSA) is 45.1 Å². The van der Waals surface area contributed by atoms with Crippen molar-refractivity contribution in [3.05, 3.63) is 52.6 Å². The summed E-state index contributed by atoms with van der Waals surface area (Å²) in [5.74, 6) is 0.801. The normalized spacial score (nSPS) is 15.5.